The molecule has 2 aromatic rings. The fraction of sp³-hybridized carbons (Fsp3) is 0.304. The number of rotatable bonds is 8. The average Bonchev–Trinajstić information content (AvgIpc) is 2.72. The molecule has 1 heterocycles. The summed E-state index contributed by atoms with van der Waals surface area (Å²) in [4.78, 5) is 24.9. The number of allylic oxidation sites excluding steroid dienone is 1. The lowest BCUT2D eigenvalue weighted by atomic mass is 9.95. The van der Waals surface area contributed by atoms with Gasteiger partial charge in [0.1, 0.15) is 12.4 Å². The Hall–Kier alpha value is -3.28. The number of urea groups is 1. The van der Waals surface area contributed by atoms with Crippen molar-refractivity contribution in [2.45, 2.75) is 39.3 Å². The summed E-state index contributed by atoms with van der Waals surface area (Å²) in [6.07, 6.45) is 1.72. The molecule has 0 aromatic heterocycles. The fourth-order valence-corrected chi connectivity index (χ4v) is 3.17. The number of carbonyl (C=O) groups is 2. The zero-order valence-corrected chi connectivity index (χ0v) is 16.7. The lowest BCUT2D eigenvalue weighted by Gasteiger charge is -2.29. The van der Waals surface area contributed by atoms with E-state index in [1.54, 1.807) is 6.92 Å². The molecule has 0 unspecified atom stereocenters. The Morgan fingerprint density at radius 2 is 1.79 bits per heavy atom. The zero-order chi connectivity index (χ0) is 20.6. The van der Waals surface area contributed by atoms with Crippen LogP contribution in [-0.4, -0.2) is 18.6 Å². The molecule has 6 heteroatoms. The van der Waals surface area contributed by atoms with Gasteiger partial charge in [0.05, 0.1) is 18.2 Å². The van der Waals surface area contributed by atoms with Crippen molar-refractivity contribution in [2.75, 3.05) is 6.61 Å². The third-order valence-corrected chi connectivity index (χ3v) is 4.69. The first-order valence-electron chi connectivity index (χ1n) is 9.81. The van der Waals surface area contributed by atoms with Gasteiger partial charge in [-0.1, -0.05) is 61.9 Å². The predicted octanol–water partition coefficient (Wildman–Crippen LogP) is 4.24. The van der Waals surface area contributed by atoms with Gasteiger partial charge in [0.15, 0.2) is 0 Å². The molecule has 2 N–H and O–H groups in total. The molecule has 0 aliphatic carbocycles. The quantitative estimate of drug-likeness (QED) is 0.519. The highest BCUT2D eigenvalue weighted by molar-refractivity contribution is 5.95. The number of nitrogens with one attached hydrogen (secondary N) is 2. The number of amides is 2. The van der Waals surface area contributed by atoms with Crippen LogP contribution in [0, 0.1) is 0 Å². The molecule has 1 atom stereocenters. The minimum atomic E-state index is -0.648. The number of hydrogen-bond donors (Lipinski definition) is 2. The minimum Gasteiger partial charge on any atom is -0.489 e. The molecule has 0 bridgehead atoms. The van der Waals surface area contributed by atoms with Gasteiger partial charge < -0.3 is 20.1 Å². The van der Waals surface area contributed by atoms with Crippen LogP contribution in [0.1, 0.15) is 43.9 Å². The second-order valence-corrected chi connectivity index (χ2v) is 6.87. The summed E-state index contributed by atoms with van der Waals surface area (Å²) in [5.74, 6) is 0.168. The second-order valence-electron chi connectivity index (χ2n) is 6.87. The molecule has 0 saturated carbocycles. The minimum absolute atomic E-state index is 0.346. The van der Waals surface area contributed by atoms with E-state index in [0.717, 1.165) is 18.4 Å². The zero-order valence-electron chi connectivity index (χ0n) is 16.7. The van der Waals surface area contributed by atoms with Gasteiger partial charge in [0, 0.05) is 11.3 Å². The van der Waals surface area contributed by atoms with Crippen LogP contribution in [0.3, 0.4) is 0 Å². The van der Waals surface area contributed by atoms with E-state index in [1.165, 1.54) is 0 Å². The molecule has 0 saturated heterocycles. The van der Waals surface area contributed by atoms with Crippen molar-refractivity contribution in [1.29, 1.82) is 0 Å². The monoisotopic (exact) mass is 394 g/mol. The summed E-state index contributed by atoms with van der Waals surface area (Å²) in [5, 5.41) is 5.50. The molecule has 152 valence electrons. The Morgan fingerprint density at radius 3 is 2.55 bits per heavy atom. The summed E-state index contributed by atoms with van der Waals surface area (Å²) in [6, 6.07) is 16.2. The van der Waals surface area contributed by atoms with Crippen LogP contribution in [0.5, 0.6) is 5.75 Å². The molecule has 2 aromatic carbocycles. The maximum atomic E-state index is 12.8. The number of hydrogen-bond acceptors (Lipinski definition) is 4. The van der Waals surface area contributed by atoms with E-state index in [9.17, 15) is 9.59 Å². The Labute approximate surface area is 170 Å². The van der Waals surface area contributed by atoms with Gasteiger partial charge in [-0.2, -0.15) is 0 Å². The van der Waals surface area contributed by atoms with Gasteiger partial charge in [-0.3, -0.25) is 0 Å². The Bertz CT molecular complexity index is 893. The first-order chi connectivity index (χ1) is 14.1. The van der Waals surface area contributed by atoms with Crippen molar-refractivity contribution >= 4 is 12.0 Å². The van der Waals surface area contributed by atoms with Crippen LogP contribution in [0.15, 0.2) is 65.9 Å². The van der Waals surface area contributed by atoms with Crippen LogP contribution in [0.4, 0.5) is 4.79 Å². The van der Waals surface area contributed by atoms with E-state index in [1.807, 2.05) is 61.5 Å². The van der Waals surface area contributed by atoms with Gasteiger partial charge >= 0.3 is 12.0 Å². The molecule has 6 nitrogen and oxygen atoms in total. The first-order valence-corrected chi connectivity index (χ1v) is 9.81. The Kier molecular flexibility index (Phi) is 6.89. The molecular formula is C23H26N2O4. The lowest BCUT2D eigenvalue weighted by molar-refractivity contribution is -0.139. The van der Waals surface area contributed by atoms with Crippen molar-refractivity contribution in [3.8, 4) is 5.75 Å². The molecule has 0 radical (unpaired) electrons. The number of carbonyl (C=O) groups excluding carboxylic acids is 2. The number of unbranched alkanes of at least 4 members (excludes halogenated alkanes) is 1. The maximum Gasteiger partial charge on any atom is 0.338 e. The van der Waals surface area contributed by atoms with E-state index < -0.39 is 12.0 Å². The van der Waals surface area contributed by atoms with Gasteiger partial charge in [0.2, 0.25) is 0 Å². The summed E-state index contributed by atoms with van der Waals surface area (Å²) >= 11 is 0. The molecule has 0 spiro atoms. The van der Waals surface area contributed by atoms with E-state index in [0.29, 0.717) is 35.8 Å². The van der Waals surface area contributed by atoms with Gasteiger partial charge in [-0.25, -0.2) is 9.59 Å². The highest BCUT2D eigenvalue weighted by atomic mass is 16.5. The predicted molar refractivity (Wildman–Crippen MR) is 110 cm³/mol. The van der Waals surface area contributed by atoms with Crippen molar-refractivity contribution in [3.05, 3.63) is 77.0 Å². The second kappa shape index (κ2) is 9.78. The van der Waals surface area contributed by atoms with Crippen molar-refractivity contribution in [1.82, 2.24) is 10.6 Å². The topological polar surface area (TPSA) is 76.7 Å². The van der Waals surface area contributed by atoms with Crippen LogP contribution in [0.25, 0.3) is 0 Å². The molecule has 1 aliphatic rings. The van der Waals surface area contributed by atoms with Gasteiger partial charge in [0.25, 0.3) is 0 Å². The number of ether oxygens (including phenoxy) is 2. The summed E-state index contributed by atoms with van der Waals surface area (Å²) in [5.41, 5.74) is 2.61. The van der Waals surface area contributed by atoms with Crippen molar-refractivity contribution in [3.63, 3.8) is 0 Å². The molecule has 2 amide bonds. The van der Waals surface area contributed by atoms with Crippen molar-refractivity contribution < 1.29 is 19.1 Å². The number of benzene rings is 2. The highest BCUT2D eigenvalue weighted by Crippen LogP contribution is 2.34. The molecule has 0 fully saturated rings. The highest BCUT2D eigenvalue weighted by Gasteiger charge is 2.33. The number of esters is 1. The molecule has 29 heavy (non-hydrogen) atoms. The van der Waals surface area contributed by atoms with Crippen LogP contribution >= 0.6 is 0 Å². The van der Waals surface area contributed by atoms with E-state index >= 15 is 0 Å². The number of para-hydroxylation sites is 1. The average molecular weight is 394 g/mol. The normalized spacial score (nSPS) is 16.1. The first kappa shape index (κ1) is 20.5. The van der Waals surface area contributed by atoms with Crippen molar-refractivity contribution in [2.24, 2.45) is 0 Å². The third-order valence-electron chi connectivity index (χ3n) is 4.69. The van der Waals surface area contributed by atoms with Crippen LogP contribution in [0.2, 0.25) is 0 Å². The maximum absolute atomic E-state index is 12.8. The van der Waals surface area contributed by atoms with Gasteiger partial charge in [-0.05, 0) is 25.0 Å². The van der Waals surface area contributed by atoms with E-state index in [4.69, 9.17) is 9.47 Å². The Balaban J connectivity index is 1.87. The molecule has 3 rings (SSSR count). The van der Waals surface area contributed by atoms with Crippen LogP contribution < -0.4 is 15.4 Å². The SMILES string of the molecule is CCCCOC(=O)C1=C(C)NC(=O)N[C@@H]1c1ccccc1OCc1ccccc1. The third kappa shape index (κ3) is 5.16. The largest absolute Gasteiger partial charge is 0.489 e. The standard InChI is InChI=1S/C23H26N2O4/c1-3-4-14-28-22(26)20-16(2)24-23(27)25-21(20)18-12-8-9-13-19(18)29-15-17-10-6-5-7-11-17/h5-13,21H,3-4,14-15H2,1-2H3,(H2,24,25,27)/t21-/m1/s1. The fourth-order valence-electron chi connectivity index (χ4n) is 3.17. The summed E-state index contributed by atoms with van der Waals surface area (Å²) < 4.78 is 11.4. The van der Waals surface area contributed by atoms with Gasteiger partial charge in [-0.15, -0.1) is 0 Å². The smallest absolute Gasteiger partial charge is 0.338 e. The summed E-state index contributed by atoms with van der Waals surface area (Å²) in [7, 11) is 0. The van der Waals surface area contributed by atoms with E-state index in [-0.39, 0.29) is 6.03 Å². The molecule has 1 aliphatic heterocycles. The Morgan fingerprint density at radius 1 is 1.07 bits per heavy atom. The lowest BCUT2D eigenvalue weighted by Crippen LogP contribution is -2.45. The molecular weight excluding hydrogens is 368 g/mol. The van der Waals surface area contributed by atoms with Crippen LogP contribution in [-0.2, 0) is 16.1 Å². The van der Waals surface area contributed by atoms with E-state index in [2.05, 4.69) is 10.6 Å². The summed E-state index contributed by atoms with van der Waals surface area (Å²) in [6.45, 7) is 4.47.